The summed E-state index contributed by atoms with van der Waals surface area (Å²) in [6.07, 6.45) is 4.93. The van der Waals surface area contributed by atoms with E-state index in [0.29, 0.717) is 17.3 Å². The molecular weight excluding hydrogens is 302 g/mol. The van der Waals surface area contributed by atoms with Gasteiger partial charge in [0.2, 0.25) is 5.28 Å². The van der Waals surface area contributed by atoms with E-state index in [-0.39, 0.29) is 5.28 Å². The minimum absolute atomic E-state index is 0.131. The van der Waals surface area contributed by atoms with E-state index in [4.69, 9.17) is 16.3 Å². The van der Waals surface area contributed by atoms with Crippen molar-refractivity contribution in [3.05, 3.63) is 54.2 Å². The molecule has 7 heteroatoms. The van der Waals surface area contributed by atoms with Crippen molar-refractivity contribution in [3.63, 3.8) is 0 Å². The first kappa shape index (κ1) is 14.2. The van der Waals surface area contributed by atoms with E-state index in [0.717, 1.165) is 11.4 Å². The van der Waals surface area contributed by atoms with E-state index >= 15 is 0 Å². The van der Waals surface area contributed by atoms with Gasteiger partial charge in [-0.1, -0.05) is 6.07 Å². The van der Waals surface area contributed by atoms with Crippen LogP contribution in [0.3, 0.4) is 0 Å². The molecule has 3 rings (SSSR count). The van der Waals surface area contributed by atoms with Gasteiger partial charge in [0.05, 0.1) is 24.7 Å². The lowest BCUT2D eigenvalue weighted by Gasteiger charge is -2.12. The minimum Gasteiger partial charge on any atom is -0.491 e. The second kappa shape index (κ2) is 6.36. The summed E-state index contributed by atoms with van der Waals surface area (Å²) in [7, 11) is 1.54. The molecule has 0 atom stereocenters. The van der Waals surface area contributed by atoms with Crippen LogP contribution in [0.1, 0.15) is 0 Å². The Morgan fingerprint density at radius 3 is 2.68 bits per heavy atom. The van der Waals surface area contributed by atoms with E-state index in [2.05, 4.69) is 25.3 Å². The molecule has 3 heterocycles. The van der Waals surface area contributed by atoms with Crippen LogP contribution < -0.4 is 10.1 Å². The van der Waals surface area contributed by atoms with Crippen LogP contribution in [-0.2, 0) is 0 Å². The maximum atomic E-state index is 5.85. The highest BCUT2D eigenvalue weighted by Gasteiger charge is 2.12. The Bertz CT molecular complexity index is 782. The van der Waals surface area contributed by atoms with E-state index in [9.17, 15) is 0 Å². The predicted molar refractivity (Wildman–Crippen MR) is 84.3 cm³/mol. The molecule has 22 heavy (non-hydrogen) atoms. The van der Waals surface area contributed by atoms with Crippen LogP contribution in [0.2, 0.25) is 5.28 Å². The Morgan fingerprint density at radius 1 is 1.05 bits per heavy atom. The molecule has 0 bridgehead atoms. The summed E-state index contributed by atoms with van der Waals surface area (Å²) in [6, 6.07) is 9.35. The first-order valence-electron chi connectivity index (χ1n) is 6.48. The van der Waals surface area contributed by atoms with Crippen molar-refractivity contribution in [2.24, 2.45) is 0 Å². The van der Waals surface area contributed by atoms with Gasteiger partial charge in [-0.2, -0.15) is 4.98 Å². The van der Waals surface area contributed by atoms with Crippen molar-refractivity contribution in [1.29, 1.82) is 0 Å². The standard InChI is InChI=1S/C15H12ClN5O/c1-22-12-9-19-15(16)21-14(12)20-11-6-4-8-18-13(11)10-5-2-3-7-17-10/h2-9H,1H3,(H,19,20,21). The van der Waals surface area contributed by atoms with E-state index < -0.39 is 0 Å². The molecule has 0 aromatic carbocycles. The van der Waals surface area contributed by atoms with Crippen molar-refractivity contribution in [2.45, 2.75) is 0 Å². The van der Waals surface area contributed by atoms with Crippen molar-refractivity contribution in [3.8, 4) is 17.1 Å². The Hall–Kier alpha value is -2.73. The molecule has 0 saturated carbocycles. The third-order valence-corrected chi connectivity index (χ3v) is 3.10. The lowest BCUT2D eigenvalue weighted by atomic mass is 10.2. The number of rotatable bonds is 4. The fraction of sp³-hybridized carbons (Fsp3) is 0.0667. The van der Waals surface area contributed by atoms with Crippen LogP contribution >= 0.6 is 11.6 Å². The molecule has 0 amide bonds. The largest absolute Gasteiger partial charge is 0.491 e. The molecule has 0 aliphatic rings. The van der Waals surface area contributed by atoms with E-state index in [1.807, 2.05) is 30.3 Å². The van der Waals surface area contributed by atoms with Crippen LogP contribution in [0, 0.1) is 0 Å². The van der Waals surface area contributed by atoms with Gasteiger partial charge in [0, 0.05) is 12.4 Å². The van der Waals surface area contributed by atoms with Gasteiger partial charge in [0.1, 0.15) is 5.69 Å². The van der Waals surface area contributed by atoms with Crippen molar-refractivity contribution >= 4 is 23.1 Å². The highest BCUT2D eigenvalue weighted by atomic mass is 35.5. The fourth-order valence-electron chi connectivity index (χ4n) is 1.93. The zero-order valence-corrected chi connectivity index (χ0v) is 12.4. The molecule has 0 aliphatic heterocycles. The first-order valence-corrected chi connectivity index (χ1v) is 6.85. The Labute approximate surface area is 132 Å². The Morgan fingerprint density at radius 2 is 1.91 bits per heavy atom. The second-order valence-electron chi connectivity index (χ2n) is 4.30. The molecule has 0 unspecified atom stereocenters. The van der Waals surface area contributed by atoms with Gasteiger partial charge in [-0.15, -0.1) is 0 Å². The minimum atomic E-state index is 0.131. The third kappa shape index (κ3) is 2.96. The maximum absolute atomic E-state index is 5.85. The first-order chi connectivity index (χ1) is 10.8. The molecule has 0 aliphatic carbocycles. The van der Waals surface area contributed by atoms with E-state index in [1.54, 1.807) is 19.5 Å². The number of pyridine rings is 2. The second-order valence-corrected chi connectivity index (χ2v) is 4.63. The summed E-state index contributed by atoms with van der Waals surface area (Å²) < 4.78 is 5.24. The van der Waals surface area contributed by atoms with Gasteiger partial charge < -0.3 is 10.1 Å². The number of methoxy groups -OCH3 is 1. The molecule has 110 valence electrons. The molecule has 0 spiro atoms. The number of ether oxygens (including phenoxy) is 1. The highest BCUT2D eigenvalue weighted by molar-refractivity contribution is 6.28. The summed E-state index contributed by atoms with van der Waals surface area (Å²) in [5, 5.41) is 3.30. The smallest absolute Gasteiger partial charge is 0.224 e. The molecule has 3 aromatic rings. The Balaban J connectivity index is 2.02. The van der Waals surface area contributed by atoms with Gasteiger partial charge >= 0.3 is 0 Å². The normalized spacial score (nSPS) is 10.3. The fourth-order valence-corrected chi connectivity index (χ4v) is 2.06. The molecule has 0 fully saturated rings. The predicted octanol–water partition coefficient (Wildman–Crippen LogP) is 3.34. The van der Waals surface area contributed by atoms with Gasteiger partial charge in [0.15, 0.2) is 11.6 Å². The average molecular weight is 314 g/mol. The number of anilines is 2. The van der Waals surface area contributed by atoms with Crippen LogP contribution in [-0.4, -0.2) is 27.0 Å². The van der Waals surface area contributed by atoms with Crippen LogP contribution in [0.25, 0.3) is 11.4 Å². The monoisotopic (exact) mass is 313 g/mol. The summed E-state index contributed by atoms with van der Waals surface area (Å²) in [5.74, 6) is 0.952. The van der Waals surface area contributed by atoms with Gasteiger partial charge in [-0.05, 0) is 35.9 Å². The zero-order valence-electron chi connectivity index (χ0n) is 11.7. The average Bonchev–Trinajstić information content (AvgIpc) is 2.56. The zero-order chi connectivity index (χ0) is 15.4. The Kier molecular flexibility index (Phi) is 4.11. The number of hydrogen-bond acceptors (Lipinski definition) is 6. The van der Waals surface area contributed by atoms with Crippen LogP contribution in [0.15, 0.2) is 48.9 Å². The van der Waals surface area contributed by atoms with Crippen molar-refractivity contribution in [1.82, 2.24) is 19.9 Å². The van der Waals surface area contributed by atoms with Crippen molar-refractivity contribution in [2.75, 3.05) is 12.4 Å². The van der Waals surface area contributed by atoms with Crippen molar-refractivity contribution < 1.29 is 4.74 Å². The quantitative estimate of drug-likeness (QED) is 0.745. The maximum Gasteiger partial charge on any atom is 0.224 e. The summed E-state index contributed by atoms with van der Waals surface area (Å²) in [5.41, 5.74) is 2.21. The lowest BCUT2D eigenvalue weighted by molar-refractivity contribution is 0.413. The highest BCUT2D eigenvalue weighted by Crippen LogP contribution is 2.30. The SMILES string of the molecule is COc1cnc(Cl)nc1Nc1cccnc1-c1ccccn1. The third-order valence-electron chi connectivity index (χ3n) is 2.91. The number of hydrogen-bond donors (Lipinski definition) is 1. The van der Waals surface area contributed by atoms with E-state index in [1.165, 1.54) is 6.20 Å². The number of halogens is 1. The van der Waals surface area contributed by atoms with Gasteiger partial charge in [-0.25, -0.2) is 4.98 Å². The molecule has 6 nitrogen and oxygen atoms in total. The number of nitrogens with zero attached hydrogens (tertiary/aromatic N) is 4. The topological polar surface area (TPSA) is 72.8 Å². The van der Waals surface area contributed by atoms with Gasteiger partial charge in [-0.3, -0.25) is 9.97 Å². The molecule has 0 radical (unpaired) electrons. The molecule has 0 saturated heterocycles. The molecule has 1 N–H and O–H groups in total. The molecular formula is C15H12ClN5O. The number of aromatic nitrogens is 4. The van der Waals surface area contributed by atoms with Crippen LogP contribution in [0.5, 0.6) is 5.75 Å². The summed E-state index contributed by atoms with van der Waals surface area (Å²) in [6.45, 7) is 0. The van der Waals surface area contributed by atoms with Gasteiger partial charge in [0.25, 0.3) is 0 Å². The number of nitrogens with one attached hydrogen (secondary N) is 1. The van der Waals surface area contributed by atoms with Crippen LogP contribution in [0.4, 0.5) is 11.5 Å². The lowest BCUT2D eigenvalue weighted by Crippen LogP contribution is -2.01. The summed E-state index contributed by atoms with van der Waals surface area (Å²) in [4.78, 5) is 16.7. The molecule has 3 aromatic heterocycles. The summed E-state index contributed by atoms with van der Waals surface area (Å²) >= 11 is 5.85.